The van der Waals surface area contributed by atoms with E-state index in [2.05, 4.69) is 43.6 Å². The summed E-state index contributed by atoms with van der Waals surface area (Å²) in [5, 5.41) is 15.6. The normalized spacial score (nSPS) is 11.1. The second-order valence-corrected chi connectivity index (χ2v) is 5.17. The smallest absolute Gasteiger partial charge is 0.0767 e. The van der Waals surface area contributed by atoms with Crippen LogP contribution in [0.4, 0.5) is 0 Å². The molecule has 0 radical (unpaired) electrons. The number of nitrogens with zero attached hydrogens (tertiary/aromatic N) is 5. The predicted molar refractivity (Wildman–Crippen MR) is 76.6 cm³/mol. The van der Waals surface area contributed by atoms with E-state index in [-0.39, 0.29) is 0 Å². The Kier molecular flexibility index (Phi) is 5.09. The van der Waals surface area contributed by atoms with Gasteiger partial charge in [-0.05, 0) is 35.3 Å². The minimum Gasteiger partial charge on any atom is -0.311 e. The molecule has 2 aromatic heterocycles. The molecule has 0 unspecified atom stereocenters. The number of hydrogen-bond donors (Lipinski definition) is 1. The molecule has 0 aromatic carbocycles. The lowest BCUT2D eigenvalue weighted by molar-refractivity contribution is 0.523. The van der Waals surface area contributed by atoms with Crippen LogP contribution in [0.1, 0.15) is 24.7 Å². The third-order valence-corrected chi connectivity index (χ3v) is 3.92. The second-order valence-electron chi connectivity index (χ2n) is 4.38. The van der Waals surface area contributed by atoms with Gasteiger partial charge in [0.05, 0.1) is 22.1 Å². The third kappa shape index (κ3) is 3.63. The van der Waals surface area contributed by atoms with Crippen LogP contribution < -0.4 is 5.32 Å². The Bertz CT molecular complexity index is 505. The van der Waals surface area contributed by atoms with Crippen molar-refractivity contribution in [3.05, 3.63) is 28.3 Å². The van der Waals surface area contributed by atoms with Gasteiger partial charge in [0.15, 0.2) is 0 Å². The summed E-state index contributed by atoms with van der Waals surface area (Å²) in [4.78, 5) is 0. The van der Waals surface area contributed by atoms with E-state index in [1.165, 1.54) is 5.69 Å². The van der Waals surface area contributed by atoms with Gasteiger partial charge in [-0.2, -0.15) is 5.10 Å². The summed E-state index contributed by atoms with van der Waals surface area (Å²) in [6.07, 6.45) is 5.55. The van der Waals surface area contributed by atoms with Crippen molar-refractivity contribution in [1.29, 1.82) is 0 Å². The standard InChI is InChI=1S/C12H19BrN6/c1-3-10-12(13)11(18(2)16-10)9-14-5-4-7-19-8-6-15-17-19/h6,8,14H,3-5,7,9H2,1-2H3. The van der Waals surface area contributed by atoms with E-state index < -0.39 is 0 Å². The Morgan fingerprint density at radius 2 is 2.26 bits per heavy atom. The van der Waals surface area contributed by atoms with E-state index in [0.717, 1.165) is 42.6 Å². The maximum absolute atomic E-state index is 4.48. The monoisotopic (exact) mass is 326 g/mol. The molecule has 0 atom stereocenters. The van der Waals surface area contributed by atoms with Crippen molar-refractivity contribution < 1.29 is 0 Å². The van der Waals surface area contributed by atoms with Crippen LogP contribution in [-0.2, 0) is 26.6 Å². The molecule has 0 saturated carbocycles. The van der Waals surface area contributed by atoms with Gasteiger partial charge >= 0.3 is 0 Å². The summed E-state index contributed by atoms with van der Waals surface area (Å²) >= 11 is 3.62. The maximum atomic E-state index is 4.48. The molecule has 0 aliphatic heterocycles. The lowest BCUT2D eigenvalue weighted by atomic mass is 10.3. The zero-order valence-corrected chi connectivity index (χ0v) is 12.9. The van der Waals surface area contributed by atoms with Gasteiger partial charge in [0.25, 0.3) is 0 Å². The van der Waals surface area contributed by atoms with Crippen LogP contribution in [0.3, 0.4) is 0 Å². The molecule has 1 N–H and O–H groups in total. The molecule has 7 heteroatoms. The molecule has 0 amide bonds. The van der Waals surface area contributed by atoms with E-state index in [1.54, 1.807) is 6.20 Å². The fourth-order valence-electron chi connectivity index (χ4n) is 1.94. The number of rotatable bonds is 7. The van der Waals surface area contributed by atoms with Gasteiger partial charge in [-0.25, -0.2) is 0 Å². The van der Waals surface area contributed by atoms with Crippen molar-refractivity contribution in [2.24, 2.45) is 7.05 Å². The van der Waals surface area contributed by atoms with Crippen molar-refractivity contribution in [3.63, 3.8) is 0 Å². The van der Waals surface area contributed by atoms with E-state index in [0.29, 0.717) is 0 Å². The molecule has 2 rings (SSSR count). The largest absolute Gasteiger partial charge is 0.311 e. The molecule has 104 valence electrons. The van der Waals surface area contributed by atoms with E-state index in [9.17, 15) is 0 Å². The molecule has 2 aromatic rings. The van der Waals surface area contributed by atoms with Crippen molar-refractivity contribution in [3.8, 4) is 0 Å². The Morgan fingerprint density at radius 3 is 2.89 bits per heavy atom. The zero-order valence-electron chi connectivity index (χ0n) is 11.3. The summed E-state index contributed by atoms with van der Waals surface area (Å²) < 4.78 is 4.91. The number of aryl methyl sites for hydroxylation is 3. The fourth-order valence-corrected chi connectivity index (χ4v) is 2.69. The highest BCUT2D eigenvalue weighted by Crippen LogP contribution is 2.21. The zero-order chi connectivity index (χ0) is 13.7. The second kappa shape index (κ2) is 6.81. The van der Waals surface area contributed by atoms with E-state index in [1.807, 2.05) is 22.6 Å². The lowest BCUT2D eigenvalue weighted by Gasteiger charge is -2.06. The highest BCUT2D eigenvalue weighted by atomic mass is 79.9. The quantitative estimate of drug-likeness (QED) is 0.783. The molecular formula is C12H19BrN6. The number of hydrogen-bond acceptors (Lipinski definition) is 4. The Morgan fingerprint density at radius 1 is 1.42 bits per heavy atom. The van der Waals surface area contributed by atoms with Gasteiger partial charge in [-0.3, -0.25) is 9.36 Å². The molecule has 6 nitrogen and oxygen atoms in total. The summed E-state index contributed by atoms with van der Waals surface area (Å²) in [6, 6.07) is 0. The first-order chi connectivity index (χ1) is 9.22. The van der Waals surface area contributed by atoms with Crippen LogP contribution in [0.15, 0.2) is 16.9 Å². The number of halogens is 1. The molecule has 0 saturated heterocycles. The Balaban J connectivity index is 1.75. The first-order valence-electron chi connectivity index (χ1n) is 6.47. The van der Waals surface area contributed by atoms with Gasteiger partial charge in [0.1, 0.15) is 0 Å². The van der Waals surface area contributed by atoms with Crippen LogP contribution in [0.2, 0.25) is 0 Å². The lowest BCUT2D eigenvalue weighted by Crippen LogP contribution is -2.18. The number of aromatic nitrogens is 5. The van der Waals surface area contributed by atoms with Gasteiger partial charge in [-0.1, -0.05) is 12.1 Å². The summed E-state index contributed by atoms with van der Waals surface area (Å²) in [5.74, 6) is 0. The predicted octanol–water partition coefficient (Wildman–Crippen LogP) is 1.52. The average molecular weight is 327 g/mol. The van der Waals surface area contributed by atoms with Crippen molar-refractivity contribution >= 4 is 15.9 Å². The molecular weight excluding hydrogens is 308 g/mol. The summed E-state index contributed by atoms with van der Waals surface area (Å²) in [6.45, 7) is 4.77. The molecule has 0 spiro atoms. The van der Waals surface area contributed by atoms with Gasteiger partial charge < -0.3 is 5.32 Å². The molecule has 2 heterocycles. The molecule has 0 aliphatic rings. The van der Waals surface area contributed by atoms with E-state index in [4.69, 9.17) is 0 Å². The van der Waals surface area contributed by atoms with Crippen LogP contribution in [0, 0.1) is 0 Å². The van der Waals surface area contributed by atoms with E-state index >= 15 is 0 Å². The molecule has 0 fully saturated rings. The molecule has 0 aliphatic carbocycles. The fraction of sp³-hybridized carbons (Fsp3) is 0.583. The van der Waals surface area contributed by atoms with Gasteiger partial charge in [-0.15, -0.1) is 5.10 Å². The highest BCUT2D eigenvalue weighted by Gasteiger charge is 2.11. The number of nitrogens with one attached hydrogen (secondary N) is 1. The minimum atomic E-state index is 0.821. The van der Waals surface area contributed by atoms with Crippen LogP contribution in [-0.4, -0.2) is 31.3 Å². The topological polar surface area (TPSA) is 60.6 Å². The van der Waals surface area contributed by atoms with Crippen molar-refractivity contribution in [1.82, 2.24) is 30.1 Å². The van der Waals surface area contributed by atoms with Crippen LogP contribution >= 0.6 is 15.9 Å². The molecule has 19 heavy (non-hydrogen) atoms. The highest BCUT2D eigenvalue weighted by molar-refractivity contribution is 9.10. The van der Waals surface area contributed by atoms with Crippen LogP contribution in [0.25, 0.3) is 0 Å². The Hall–Kier alpha value is -1.21. The van der Waals surface area contributed by atoms with Crippen molar-refractivity contribution in [2.75, 3.05) is 6.54 Å². The summed E-state index contributed by atoms with van der Waals surface area (Å²) in [7, 11) is 1.98. The summed E-state index contributed by atoms with van der Waals surface area (Å²) in [5.41, 5.74) is 2.31. The van der Waals surface area contributed by atoms with Gasteiger partial charge in [0.2, 0.25) is 0 Å². The first-order valence-corrected chi connectivity index (χ1v) is 7.26. The average Bonchev–Trinajstić information content (AvgIpc) is 3.00. The molecule has 0 bridgehead atoms. The SMILES string of the molecule is CCc1nn(C)c(CNCCCn2ccnn2)c1Br. The third-order valence-electron chi connectivity index (χ3n) is 3.01. The first kappa shape index (κ1) is 14.2. The van der Waals surface area contributed by atoms with Gasteiger partial charge in [0, 0.05) is 26.3 Å². The maximum Gasteiger partial charge on any atom is 0.0767 e. The van der Waals surface area contributed by atoms with Crippen molar-refractivity contribution in [2.45, 2.75) is 32.9 Å². The van der Waals surface area contributed by atoms with Crippen LogP contribution in [0.5, 0.6) is 0 Å². The Labute approximate surface area is 121 Å². The minimum absolute atomic E-state index is 0.821.